The summed E-state index contributed by atoms with van der Waals surface area (Å²) in [6, 6.07) is 7.19. The highest BCUT2D eigenvalue weighted by Crippen LogP contribution is 2.18. The molecule has 0 bridgehead atoms. The van der Waals surface area contributed by atoms with Crippen LogP contribution in [-0.4, -0.2) is 54.8 Å². The Labute approximate surface area is 119 Å². The summed E-state index contributed by atoms with van der Waals surface area (Å²) in [5.74, 6) is -0.0891. The molecule has 1 heterocycles. The highest BCUT2D eigenvalue weighted by molar-refractivity contribution is 6.03. The van der Waals surface area contributed by atoms with Gasteiger partial charge in [0, 0.05) is 32.6 Å². The molecule has 1 fully saturated rings. The number of nitrogens with one attached hydrogen (secondary N) is 1. The Hall–Kier alpha value is -1.88. The summed E-state index contributed by atoms with van der Waals surface area (Å²) >= 11 is 0. The third-order valence-electron chi connectivity index (χ3n) is 3.54. The van der Waals surface area contributed by atoms with E-state index < -0.39 is 0 Å². The van der Waals surface area contributed by atoms with Crippen molar-refractivity contribution in [3.63, 3.8) is 0 Å². The van der Waals surface area contributed by atoms with Crippen LogP contribution >= 0.6 is 0 Å². The molecule has 1 saturated heterocycles. The molecule has 1 aromatic carbocycles. The number of para-hydroxylation sites is 1. The second kappa shape index (κ2) is 6.52. The van der Waals surface area contributed by atoms with Gasteiger partial charge in [0.2, 0.25) is 5.91 Å². The topological polar surface area (TPSA) is 52.7 Å². The summed E-state index contributed by atoms with van der Waals surface area (Å²) in [4.78, 5) is 28.1. The molecule has 0 spiro atoms. The van der Waals surface area contributed by atoms with Gasteiger partial charge in [0.05, 0.1) is 11.3 Å². The minimum absolute atomic E-state index is 0.00916. The Kier molecular flexibility index (Phi) is 4.74. The predicted octanol–water partition coefficient (Wildman–Crippen LogP) is 1.42. The zero-order valence-corrected chi connectivity index (χ0v) is 12.1. The van der Waals surface area contributed by atoms with E-state index in [2.05, 4.69) is 17.3 Å². The molecule has 0 aromatic heterocycles. The fraction of sp³-hybridized carbons (Fsp3) is 0.467. The lowest BCUT2D eigenvalue weighted by atomic mass is 10.1. The molecular weight excluding hydrogens is 254 g/mol. The molecule has 1 N–H and O–H groups in total. The van der Waals surface area contributed by atoms with E-state index in [1.165, 1.54) is 0 Å². The van der Waals surface area contributed by atoms with Crippen molar-refractivity contribution in [2.45, 2.75) is 13.3 Å². The van der Waals surface area contributed by atoms with Crippen LogP contribution in [0.5, 0.6) is 0 Å². The molecule has 1 aliphatic heterocycles. The van der Waals surface area contributed by atoms with Gasteiger partial charge in [0.1, 0.15) is 0 Å². The van der Waals surface area contributed by atoms with Crippen molar-refractivity contribution in [1.82, 2.24) is 9.80 Å². The smallest absolute Gasteiger partial charge is 0.256 e. The first-order valence-corrected chi connectivity index (χ1v) is 6.98. The third-order valence-corrected chi connectivity index (χ3v) is 3.54. The van der Waals surface area contributed by atoms with Crippen LogP contribution in [0.1, 0.15) is 23.7 Å². The van der Waals surface area contributed by atoms with Gasteiger partial charge in [-0.15, -0.1) is 0 Å². The maximum atomic E-state index is 12.6. The molecule has 5 nitrogen and oxygen atoms in total. The Morgan fingerprint density at radius 1 is 1.15 bits per heavy atom. The molecule has 1 aliphatic rings. The second-order valence-corrected chi connectivity index (χ2v) is 5.04. The number of amides is 2. The quantitative estimate of drug-likeness (QED) is 0.907. The van der Waals surface area contributed by atoms with E-state index in [-0.39, 0.29) is 11.8 Å². The van der Waals surface area contributed by atoms with Gasteiger partial charge in [-0.25, -0.2) is 0 Å². The molecule has 2 amide bonds. The summed E-state index contributed by atoms with van der Waals surface area (Å²) in [7, 11) is 2.05. The normalized spacial score (nSPS) is 16.0. The molecule has 1 aromatic rings. The average Bonchev–Trinajstić information content (AvgIpc) is 2.48. The van der Waals surface area contributed by atoms with Gasteiger partial charge in [-0.2, -0.15) is 0 Å². The first kappa shape index (κ1) is 14.5. The number of anilines is 1. The first-order chi connectivity index (χ1) is 9.61. The van der Waals surface area contributed by atoms with Gasteiger partial charge in [-0.05, 0) is 19.2 Å². The van der Waals surface area contributed by atoms with Crippen LogP contribution in [0.2, 0.25) is 0 Å². The number of piperazine rings is 1. The minimum Gasteiger partial charge on any atom is -0.336 e. The fourth-order valence-electron chi connectivity index (χ4n) is 2.20. The predicted molar refractivity (Wildman–Crippen MR) is 78.8 cm³/mol. The third kappa shape index (κ3) is 3.36. The average molecular weight is 275 g/mol. The van der Waals surface area contributed by atoms with E-state index in [0.717, 1.165) is 26.2 Å². The number of nitrogens with zero attached hydrogens (tertiary/aromatic N) is 2. The molecule has 0 aliphatic carbocycles. The molecular formula is C15H21N3O2. The number of hydrogen-bond acceptors (Lipinski definition) is 3. The lowest BCUT2D eigenvalue weighted by Gasteiger charge is -2.32. The maximum absolute atomic E-state index is 12.6. The Morgan fingerprint density at radius 2 is 1.80 bits per heavy atom. The number of carbonyl (C=O) groups excluding carboxylic acids is 2. The van der Waals surface area contributed by atoms with Gasteiger partial charge in [0.25, 0.3) is 5.91 Å². The monoisotopic (exact) mass is 275 g/mol. The second-order valence-electron chi connectivity index (χ2n) is 5.04. The van der Waals surface area contributed by atoms with Crippen molar-refractivity contribution < 1.29 is 9.59 Å². The van der Waals surface area contributed by atoms with Gasteiger partial charge in [-0.1, -0.05) is 19.1 Å². The molecule has 20 heavy (non-hydrogen) atoms. The van der Waals surface area contributed by atoms with Crippen LogP contribution < -0.4 is 5.32 Å². The molecule has 0 saturated carbocycles. The van der Waals surface area contributed by atoms with E-state index >= 15 is 0 Å². The maximum Gasteiger partial charge on any atom is 0.256 e. The van der Waals surface area contributed by atoms with Gasteiger partial charge in [0.15, 0.2) is 0 Å². The van der Waals surface area contributed by atoms with Crippen LogP contribution in [0, 0.1) is 0 Å². The van der Waals surface area contributed by atoms with Crippen molar-refractivity contribution in [3.05, 3.63) is 29.8 Å². The summed E-state index contributed by atoms with van der Waals surface area (Å²) in [6.45, 7) is 5.02. The van der Waals surface area contributed by atoms with E-state index in [1.54, 1.807) is 19.1 Å². The lowest BCUT2D eigenvalue weighted by molar-refractivity contribution is -0.115. The van der Waals surface area contributed by atoms with Crippen molar-refractivity contribution in [2.24, 2.45) is 0 Å². The highest BCUT2D eigenvalue weighted by Gasteiger charge is 2.22. The lowest BCUT2D eigenvalue weighted by Crippen LogP contribution is -2.47. The van der Waals surface area contributed by atoms with Crippen LogP contribution in [0.3, 0.4) is 0 Å². The Morgan fingerprint density at radius 3 is 2.45 bits per heavy atom. The van der Waals surface area contributed by atoms with Crippen molar-refractivity contribution in [3.8, 4) is 0 Å². The standard InChI is InChI=1S/C15H21N3O2/c1-3-14(19)16-13-7-5-4-6-12(13)15(20)18-10-8-17(2)9-11-18/h4-7H,3,8-11H2,1-2H3,(H,16,19). The minimum atomic E-state index is -0.0800. The van der Waals surface area contributed by atoms with Crippen molar-refractivity contribution in [2.75, 3.05) is 38.5 Å². The molecule has 5 heteroatoms. The van der Waals surface area contributed by atoms with E-state index in [1.807, 2.05) is 17.0 Å². The molecule has 2 rings (SSSR count). The van der Waals surface area contributed by atoms with Crippen molar-refractivity contribution >= 4 is 17.5 Å². The van der Waals surface area contributed by atoms with Crippen molar-refractivity contribution in [1.29, 1.82) is 0 Å². The van der Waals surface area contributed by atoms with Crippen LogP contribution in [0.25, 0.3) is 0 Å². The molecule has 0 radical (unpaired) electrons. The number of carbonyl (C=O) groups is 2. The van der Waals surface area contributed by atoms with E-state index in [4.69, 9.17) is 0 Å². The Balaban J connectivity index is 2.15. The number of benzene rings is 1. The van der Waals surface area contributed by atoms with Crippen LogP contribution in [0.15, 0.2) is 24.3 Å². The summed E-state index contributed by atoms with van der Waals surface area (Å²) < 4.78 is 0. The van der Waals surface area contributed by atoms with Gasteiger partial charge < -0.3 is 15.1 Å². The van der Waals surface area contributed by atoms with Crippen LogP contribution in [0.4, 0.5) is 5.69 Å². The summed E-state index contributed by atoms with van der Waals surface area (Å²) in [6.07, 6.45) is 0.400. The fourth-order valence-corrected chi connectivity index (χ4v) is 2.20. The molecule has 0 unspecified atom stereocenters. The van der Waals surface area contributed by atoms with Gasteiger partial charge >= 0.3 is 0 Å². The number of likely N-dealkylation sites (N-methyl/N-ethyl adjacent to an activating group) is 1. The van der Waals surface area contributed by atoms with Crippen LogP contribution in [-0.2, 0) is 4.79 Å². The molecule has 108 valence electrons. The molecule has 0 atom stereocenters. The highest BCUT2D eigenvalue weighted by atomic mass is 16.2. The van der Waals surface area contributed by atoms with Gasteiger partial charge in [-0.3, -0.25) is 9.59 Å². The zero-order chi connectivity index (χ0) is 14.5. The summed E-state index contributed by atoms with van der Waals surface area (Å²) in [5, 5.41) is 2.79. The SMILES string of the molecule is CCC(=O)Nc1ccccc1C(=O)N1CCN(C)CC1. The summed E-state index contributed by atoms with van der Waals surface area (Å²) in [5.41, 5.74) is 1.17. The Bertz CT molecular complexity index is 494. The van der Waals surface area contributed by atoms with E-state index in [9.17, 15) is 9.59 Å². The first-order valence-electron chi connectivity index (χ1n) is 6.98. The number of hydrogen-bond donors (Lipinski definition) is 1. The number of rotatable bonds is 3. The largest absolute Gasteiger partial charge is 0.336 e. The van der Waals surface area contributed by atoms with E-state index in [0.29, 0.717) is 17.7 Å². The zero-order valence-electron chi connectivity index (χ0n) is 12.1.